The van der Waals surface area contributed by atoms with Gasteiger partial charge in [-0.05, 0) is 44.3 Å². The van der Waals surface area contributed by atoms with E-state index in [1.807, 2.05) is 4.72 Å². The zero-order valence-corrected chi connectivity index (χ0v) is 13.5. The fraction of sp³-hybridized carbons (Fsp3) is 0.400. The Balaban J connectivity index is 2.70. The van der Waals surface area contributed by atoms with E-state index in [0.29, 0.717) is 0 Å². The summed E-state index contributed by atoms with van der Waals surface area (Å²) in [7, 11) is -5.01. The lowest BCUT2D eigenvalue weighted by atomic mass is 9.99. The largest absolute Gasteiger partial charge is 0.463 e. The van der Waals surface area contributed by atoms with Crippen molar-refractivity contribution in [1.82, 2.24) is 0 Å². The lowest BCUT2D eigenvalue weighted by Gasteiger charge is -2.24. The van der Waals surface area contributed by atoms with Gasteiger partial charge in [-0.3, -0.25) is 4.72 Å². The smallest absolute Gasteiger partial charge is 0.335 e. The van der Waals surface area contributed by atoms with Crippen LogP contribution < -0.4 is 4.72 Å². The minimum Gasteiger partial charge on any atom is -0.463 e. The third-order valence-electron chi connectivity index (χ3n) is 2.78. The molecule has 2 rings (SSSR count). The number of hydrogen-bond acceptors (Lipinski definition) is 4. The van der Waals surface area contributed by atoms with Crippen LogP contribution in [0, 0.1) is 5.82 Å². The molecule has 0 aromatic heterocycles. The van der Waals surface area contributed by atoms with E-state index in [4.69, 9.17) is 24.6 Å². The van der Waals surface area contributed by atoms with Crippen molar-refractivity contribution in [3.05, 3.63) is 40.7 Å². The first-order chi connectivity index (χ1) is 13.1. The number of sulfonamides is 1. The third-order valence-corrected chi connectivity index (χ3v) is 4.58. The number of halogens is 2. The molecule has 1 aromatic carbocycles. The van der Waals surface area contributed by atoms with E-state index in [1.165, 1.54) is 6.92 Å². The zero-order chi connectivity index (χ0) is 22.4. The van der Waals surface area contributed by atoms with Crippen LogP contribution in [0.3, 0.4) is 0 Å². The highest BCUT2D eigenvalue weighted by atomic mass is 35.5. The molecule has 1 atom stereocenters. The van der Waals surface area contributed by atoms with Gasteiger partial charge in [-0.25, -0.2) is 17.6 Å². The fourth-order valence-corrected chi connectivity index (χ4v) is 3.29. The van der Waals surface area contributed by atoms with Crippen molar-refractivity contribution < 1.29 is 30.6 Å². The predicted octanol–water partition coefficient (Wildman–Crippen LogP) is 3.26. The van der Waals surface area contributed by atoms with Crippen molar-refractivity contribution in [2.45, 2.75) is 31.3 Å². The van der Waals surface area contributed by atoms with Crippen molar-refractivity contribution in [3.8, 4) is 0 Å². The van der Waals surface area contributed by atoms with E-state index in [2.05, 4.69) is 0 Å². The summed E-state index contributed by atoms with van der Waals surface area (Å²) in [6, 6.07) is 1.34. The second kappa shape index (κ2) is 7.31. The quantitative estimate of drug-likeness (QED) is 0.811. The number of esters is 1. The van der Waals surface area contributed by atoms with E-state index < -0.39 is 57.8 Å². The summed E-state index contributed by atoms with van der Waals surface area (Å²) in [5, 5.41) is -3.48. The number of allylic oxidation sites excluding steroid dienone is 1. The SMILES string of the molecule is [2H]C1=C(C(=O)OCC)C([2H])(S(=O)(=O)Nc2ccc(F)cc2Cl)CC([2H])([2H])C1([2H])[2H]. The highest BCUT2D eigenvalue weighted by Gasteiger charge is 2.35. The number of anilines is 1. The second-order valence-electron chi connectivity index (χ2n) is 4.35. The highest BCUT2D eigenvalue weighted by molar-refractivity contribution is 7.93. The molecule has 0 heterocycles. The van der Waals surface area contributed by atoms with Crippen molar-refractivity contribution in [1.29, 1.82) is 0 Å². The normalized spacial score (nSPS) is 30.0. The minimum atomic E-state index is -5.01. The summed E-state index contributed by atoms with van der Waals surface area (Å²) in [4.78, 5) is 12.4. The molecule has 8 heteroatoms. The molecule has 0 spiro atoms. The molecular formula is C15H17ClFNO4S. The van der Waals surface area contributed by atoms with Gasteiger partial charge < -0.3 is 4.74 Å². The number of ether oxygens (including phenoxy) is 1. The van der Waals surface area contributed by atoms with Crippen LogP contribution in [0.5, 0.6) is 0 Å². The van der Waals surface area contributed by atoms with Crippen LogP contribution in [0.25, 0.3) is 0 Å². The number of nitrogens with one attached hydrogen (secondary N) is 1. The van der Waals surface area contributed by atoms with Gasteiger partial charge in [-0.1, -0.05) is 17.7 Å². The van der Waals surface area contributed by atoms with Crippen molar-refractivity contribution >= 4 is 33.3 Å². The first-order valence-electron chi connectivity index (χ1n) is 9.47. The van der Waals surface area contributed by atoms with E-state index in [0.717, 1.165) is 18.2 Å². The number of hydrogen-bond donors (Lipinski definition) is 1. The minimum absolute atomic E-state index is 0.251. The lowest BCUT2D eigenvalue weighted by Crippen LogP contribution is -2.34. The van der Waals surface area contributed by atoms with Gasteiger partial charge in [0.15, 0.2) is 0 Å². The number of rotatable bonds is 5. The average molecular weight is 368 g/mol. The Morgan fingerprint density at radius 1 is 1.65 bits per heavy atom. The van der Waals surface area contributed by atoms with Crippen LogP contribution >= 0.6 is 11.6 Å². The Morgan fingerprint density at radius 3 is 3.04 bits per heavy atom. The molecule has 5 nitrogen and oxygen atoms in total. The van der Waals surface area contributed by atoms with Gasteiger partial charge in [0, 0.05) is 5.48 Å². The highest BCUT2D eigenvalue weighted by Crippen LogP contribution is 2.30. The van der Waals surface area contributed by atoms with Crippen LogP contribution in [-0.2, 0) is 19.6 Å². The molecule has 23 heavy (non-hydrogen) atoms. The number of carbonyl (C=O) groups excluding carboxylic acids is 1. The van der Waals surface area contributed by atoms with Crippen LogP contribution in [0.4, 0.5) is 10.1 Å². The van der Waals surface area contributed by atoms with Gasteiger partial charge in [0.1, 0.15) is 11.0 Å². The molecule has 0 amide bonds. The molecule has 1 unspecified atom stereocenters. The van der Waals surface area contributed by atoms with Crippen LogP contribution in [0.2, 0.25) is 5.02 Å². The molecule has 0 saturated carbocycles. The van der Waals surface area contributed by atoms with Gasteiger partial charge in [-0.15, -0.1) is 0 Å². The van der Waals surface area contributed by atoms with Gasteiger partial charge >= 0.3 is 5.97 Å². The molecule has 126 valence electrons. The summed E-state index contributed by atoms with van der Waals surface area (Å²) < 4.78 is 93.7. The molecule has 0 saturated heterocycles. The van der Waals surface area contributed by atoms with E-state index in [1.54, 1.807) is 0 Å². The first kappa shape index (κ1) is 11.0. The Labute approximate surface area is 148 Å². The zero-order valence-electron chi connectivity index (χ0n) is 17.9. The second-order valence-corrected chi connectivity index (χ2v) is 6.46. The Hall–Kier alpha value is -1.60. The number of carbonyl (C=O) groups is 1. The van der Waals surface area contributed by atoms with Crippen LogP contribution in [0.15, 0.2) is 29.8 Å². The topological polar surface area (TPSA) is 72.5 Å². The first-order valence-corrected chi connectivity index (χ1v) is 8.33. The van der Waals surface area contributed by atoms with E-state index >= 15 is 0 Å². The van der Waals surface area contributed by atoms with Crippen LogP contribution in [-0.4, -0.2) is 26.2 Å². The molecule has 1 aliphatic carbocycles. The molecule has 0 radical (unpaired) electrons. The predicted molar refractivity (Wildman–Crippen MR) is 86.3 cm³/mol. The van der Waals surface area contributed by atoms with Crippen molar-refractivity contribution in [2.75, 3.05) is 11.3 Å². The molecule has 1 aliphatic rings. The lowest BCUT2D eigenvalue weighted by molar-refractivity contribution is -0.138. The Morgan fingerprint density at radius 2 is 2.39 bits per heavy atom. The van der Waals surface area contributed by atoms with Crippen LogP contribution in [0.1, 0.15) is 34.3 Å². The molecule has 0 bridgehead atoms. The summed E-state index contributed by atoms with van der Waals surface area (Å²) in [5.41, 5.74) is -1.49. The maximum atomic E-state index is 13.2. The van der Waals surface area contributed by atoms with Gasteiger partial charge in [0.2, 0.25) is 10.0 Å². The molecular weight excluding hydrogens is 345 g/mol. The maximum absolute atomic E-state index is 13.2. The summed E-state index contributed by atoms with van der Waals surface area (Å²) in [5.74, 6) is -2.19. The van der Waals surface area contributed by atoms with Gasteiger partial charge in [0.25, 0.3) is 0 Å². The summed E-state index contributed by atoms with van der Waals surface area (Å²) >= 11 is 5.80. The van der Waals surface area contributed by atoms with E-state index in [-0.39, 0.29) is 17.3 Å². The van der Waals surface area contributed by atoms with Crippen molar-refractivity contribution in [2.24, 2.45) is 0 Å². The Kier molecular flexibility index (Phi) is 3.51. The van der Waals surface area contributed by atoms with Crippen molar-refractivity contribution in [3.63, 3.8) is 0 Å². The molecule has 1 aromatic rings. The third kappa shape index (κ3) is 4.23. The molecule has 1 N–H and O–H groups in total. The van der Waals surface area contributed by atoms with Gasteiger partial charge in [-0.2, -0.15) is 0 Å². The Bertz CT molecular complexity index is 987. The van der Waals surface area contributed by atoms with E-state index in [9.17, 15) is 17.6 Å². The van der Waals surface area contributed by atoms with Gasteiger partial charge in [0.05, 0.1) is 25.6 Å². The maximum Gasteiger partial charge on any atom is 0.335 e. The average Bonchev–Trinajstić information content (AvgIpc) is 2.55. The standard InChI is InChI=1S/C15H17ClFNO4S/c1-2-22-15(19)11-5-3-4-6-14(11)23(20,21)18-13-8-7-10(17)9-12(13)16/h5,7-9,14,18H,2-4,6H2,1H3/i3D2,4D2,5D,14D. The monoisotopic (exact) mass is 367 g/mol. The summed E-state index contributed by atoms with van der Waals surface area (Å²) in [6.07, 6.45) is -7.34. The molecule has 0 fully saturated rings. The molecule has 0 aliphatic heterocycles. The fourth-order valence-electron chi connectivity index (χ4n) is 1.77. The summed E-state index contributed by atoms with van der Waals surface area (Å²) in [6.45, 7) is 1.13. The number of benzene rings is 1.